The van der Waals surface area contributed by atoms with Crippen LogP contribution in [0.15, 0.2) is 30.3 Å². The van der Waals surface area contributed by atoms with E-state index >= 15 is 0 Å². The van der Waals surface area contributed by atoms with Crippen molar-refractivity contribution in [1.82, 2.24) is 5.32 Å². The smallest absolute Gasteiger partial charge is 0.227 e. The molecule has 1 aromatic rings. The summed E-state index contributed by atoms with van der Waals surface area (Å²) in [6.07, 6.45) is 0.724. The minimum Gasteiger partial charge on any atom is -0.386 e. The van der Waals surface area contributed by atoms with Crippen molar-refractivity contribution in [1.29, 1.82) is 0 Å². The van der Waals surface area contributed by atoms with Crippen molar-refractivity contribution >= 4 is 5.91 Å². The third-order valence-corrected chi connectivity index (χ3v) is 3.03. The van der Waals surface area contributed by atoms with Crippen molar-refractivity contribution in [2.24, 2.45) is 0 Å². The summed E-state index contributed by atoms with van der Waals surface area (Å²) in [5.41, 5.74) is -0.0479. The second-order valence-corrected chi connectivity index (χ2v) is 5.02. The number of benzene rings is 1. The summed E-state index contributed by atoms with van der Waals surface area (Å²) >= 11 is 0. The predicted octanol–water partition coefficient (Wildman–Crippen LogP) is 1.69. The maximum atomic E-state index is 12.2. The number of nitrogens with one attached hydrogen (secondary N) is 1. The van der Waals surface area contributed by atoms with Crippen molar-refractivity contribution in [3.63, 3.8) is 0 Å². The SMILES string of the molecule is CCC(C(=O)NCC(C)(O)COC)c1ccccc1. The first-order valence-electron chi connectivity index (χ1n) is 6.54. The van der Waals surface area contributed by atoms with Gasteiger partial charge >= 0.3 is 0 Å². The first kappa shape index (κ1) is 15.7. The average Bonchev–Trinajstić information content (AvgIpc) is 2.39. The van der Waals surface area contributed by atoms with Gasteiger partial charge in [-0.1, -0.05) is 37.3 Å². The molecule has 0 radical (unpaired) electrons. The maximum Gasteiger partial charge on any atom is 0.227 e. The molecule has 4 heteroatoms. The van der Waals surface area contributed by atoms with Crippen LogP contribution in [0, 0.1) is 0 Å². The van der Waals surface area contributed by atoms with E-state index < -0.39 is 5.60 Å². The molecule has 19 heavy (non-hydrogen) atoms. The summed E-state index contributed by atoms with van der Waals surface area (Å²) < 4.78 is 4.91. The zero-order valence-corrected chi connectivity index (χ0v) is 11.8. The molecule has 0 saturated carbocycles. The Hall–Kier alpha value is -1.39. The van der Waals surface area contributed by atoms with Gasteiger partial charge in [-0.25, -0.2) is 0 Å². The molecule has 1 amide bonds. The molecule has 2 N–H and O–H groups in total. The van der Waals surface area contributed by atoms with Gasteiger partial charge in [0.05, 0.1) is 12.5 Å². The molecule has 0 fully saturated rings. The number of amides is 1. The summed E-state index contributed by atoms with van der Waals surface area (Å²) in [5, 5.41) is 12.7. The van der Waals surface area contributed by atoms with Crippen LogP contribution in [-0.4, -0.2) is 36.9 Å². The topological polar surface area (TPSA) is 58.6 Å². The summed E-state index contributed by atoms with van der Waals surface area (Å²) in [5.74, 6) is -0.246. The summed E-state index contributed by atoms with van der Waals surface area (Å²) in [7, 11) is 1.52. The van der Waals surface area contributed by atoms with E-state index in [1.54, 1.807) is 6.92 Å². The number of hydrogen-bond acceptors (Lipinski definition) is 3. The van der Waals surface area contributed by atoms with Gasteiger partial charge in [0.25, 0.3) is 0 Å². The minimum absolute atomic E-state index is 0.0647. The second kappa shape index (κ2) is 7.26. The van der Waals surface area contributed by atoms with Crippen LogP contribution in [0.5, 0.6) is 0 Å². The molecule has 2 unspecified atom stereocenters. The van der Waals surface area contributed by atoms with Crippen LogP contribution in [-0.2, 0) is 9.53 Å². The highest BCUT2D eigenvalue weighted by Crippen LogP contribution is 2.19. The van der Waals surface area contributed by atoms with E-state index in [4.69, 9.17) is 4.74 Å². The van der Waals surface area contributed by atoms with Crippen molar-refractivity contribution in [2.45, 2.75) is 31.8 Å². The van der Waals surface area contributed by atoms with Gasteiger partial charge in [-0.05, 0) is 18.9 Å². The van der Waals surface area contributed by atoms with E-state index in [1.165, 1.54) is 7.11 Å². The van der Waals surface area contributed by atoms with E-state index in [1.807, 2.05) is 37.3 Å². The van der Waals surface area contributed by atoms with Crippen LogP contribution in [0.1, 0.15) is 31.7 Å². The standard InChI is InChI=1S/C15H23NO3/c1-4-13(12-8-6-5-7-9-12)14(17)16-10-15(2,18)11-19-3/h5-9,13,18H,4,10-11H2,1-3H3,(H,16,17). The third-order valence-electron chi connectivity index (χ3n) is 3.03. The van der Waals surface area contributed by atoms with E-state index in [-0.39, 0.29) is 25.0 Å². The van der Waals surface area contributed by atoms with E-state index in [0.717, 1.165) is 12.0 Å². The highest BCUT2D eigenvalue weighted by Gasteiger charge is 2.24. The lowest BCUT2D eigenvalue weighted by molar-refractivity contribution is -0.124. The molecule has 106 valence electrons. The van der Waals surface area contributed by atoms with Gasteiger partial charge in [0.15, 0.2) is 0 Å². The zero-order chi connectivity index (χ0) is 14.3. The maximum absolute atomic E-state index is 12.2. The molecule has 2 atom stereocenters. The molecule has 1 rings (SSSR count). The Morgan fingerprint density at radius 1 is 1.42 bits per heavy atom. The fraction of sp³-hybridized carbons (Fsp3) is 0.533. The number of hydrogen-bond donors (Lipinski definition) is 2. The van der Waals surface area contributed by atoms with Gasteiger partial charge in [-0.3, -0.25) is 4.79 Å². The normalized spacial score (nSPS) is 15.6. The highest BCUT2D eigenvalue weighted by molar-refractivity contribution is 5.83. The molecule has 1 aromatic carbocycles. The van der Waals surface area contributed by atoms with Crippen LogP contribution in [0.4, 0.5) is 0 Å². The van der Waals surface area contributed by atoms with Gasteiger partial charge in [-0.2, -0.15) is 0 Å². The molecule has 0 aromatic heterocycles. The average molecular weight is 265 g/mol. The van der Waals surface area contributed by atoms with E-state index in [0.29, 0.717) is 0 Å². The van der Waals surface area contributed by atoms with Crippen LogP contribution in [0.25, 0.3) is 0 Å². The van der Waals surface area contributed by atoms with Crippen molar-refractivity contribution in [2.75, 3.05) is 20.3 Å². The van der Waals surface area contributed by atoms with Crippen LogP contribution < -0.4 is 5.32 Å². The Bertz CT molecular complexity index is 390. The van der Waals surface area contributed by atoms with Crippen LogP contribution in [0.3, 0.4) is 0 Å². The Morgan fingerprint density at radius 3 is 2.58 bits per heavy atom. The van der Waals surface area contributed by atoms with Gasteiger partial charge in [0, 0.05) is 13.7 Å². The Balaban J connectivity index is 2.61. The Morgan fingerprint density at radius 2 is 2.05 bits per heavy atom. The fourth-order valence-corrected chi connectivity index (χ4v) is 2.02. The molecule has 0 saturated heterocycles. The van der Waals surface area contributed by atoms with E-state index in [2.05, 4.69) is 5.32 Å². The fourth-order valence-electron chi connectivity index (χ4n) is 2.02. The van der Waals surface area contributed by atoms with E-state index in [9.17, 15) is 9.90 Å². The van der Waals surface area contributed by atoms with Crippen molar-refractivity contribution in [3.8, 4) is 0 Å². The lowest BCUT2D eigenvalue weighted by atomic mass is 9.95. The predicted molar refractivity (Wildman–Crippen MR) is 75.0 cm³/mol. The molecular formula is C15H23NO3. The number of carbonyl (C=O) groups is 1. The monoisotopic (exact) mass is 265 g/mol. The number of carbonyl (C=O) groups excluding carboxylic acids is 1. The van der Waals surface area contributed by atoms with Gasteiger partial charge < -0.3 is 15.2 Å². The molecular weight excluding hydrogens is 242 g/mol. The number of methoxy groups -OCH3 is 1. The van der Waals surface area contributed by atoms with Gasteiger partial charge in [0.2, 0.25) is 5.91 Å². The van der Waals surface area contributed by atoms with Crippen molar-refractivity contribution < 1.29 is 14.6 Å². The molecule has 0 aliphatic heterocycles. The van der Waals surface area contributed by atoms with Crippen LogP contribution >= 0.6 is 0 Å². The van der Waals surface area contributed by atoms with Gasteiger partial charge in [-0.15, -0.1) is 0 Å². The zero-order valence-electron chi connectivity index (χ0n) is 11.8. The minimum atomic E-state index is -1.04. The van der Waals surface area contributed by atoms with Crippen molar-refractivity contribution in [3.05, 3.63) is 35.9 Å². The summed E-state index contributed by atoms with van der Waals surface area (Å²) in [4.78, 5) is 12.2. The second-order valence-electron chi connectivity index (χ2n) is 5.02. The largest absolute Gasteiger partial charge is 0.386 e. The Labute approximate surface area is 114 Å². The molecule has 0 aliphatic carbocycles. The quantitative estimate of drug-likeness (QED) is 0.789. The summed E-state index contributed by atoms with van der Waals surface area (Å²) in [6, 6.07) is 9.66. The number of rotatable bonds is 7. The first-order valence-corrected chi connectivity index (χ1v) is 6.54. The van der Waals surface area contributed by atoms with Gasteiger partial charge in [0.1, 0.15) is 5.60 Å². The highest BCUT2D eigenvalue weighted by atomic mass is 16.5. The number of aliphatic hydroxyl groups is 1. The summed E-state index contributed by atoms with van der Waals surface area (Å²) in [6.45, 7) is 3.99. The number of ether oxygens (including phenoxy) is 1. The van der Waals surface area contributed by atoms with Crippen LogP contribution in [0.2, 0.25) is 0 Å². The lowest BCUT2D eigenvalue weighted by Gasteiger charge is -2.24. The molecule has 4 nitrogen and oxygen atoms in total. The molecule has 0 bridgehead atoms. The Kier molecular flexibility index (Phi) is 5.99. The molecule has 0 aliphatic rings. The molecule has 0 heterocycles. The lowest BCUT2D eigenvalue weighted by Crippen LogP contribution is -2.45. The first-order chi connectivity index (χ1) is 9.00. The third kappa shape index (κ3) is 5.01. The molecule has 0 spiro atoms.